The van der Waals surface area contributed by atoms with Gasteiger partial charge in [0.2, 0.25) is 0 Å². The highest BCUT2D eigenvalue weighted by atomic mass is 16.4. The number of aromatic carboxylic acids is 1. The average Bonchev–Trinajstić information content (AvgIpc) is 2.45. The van der Waals surface area contributed by atoms with Crippen LogP contribution in [-0.2, 0) is 0 Å². The highest BCUT2D eigenvalue weighted by molar-refractivity contribution is 6.04. The maximum Gasteiger partial charge on any atom is 0.337 e. The van der Waals surface area contributed by atoms with Crippen molar-refractivity contribution in [2.75, 3.05) is 11.9 Å². The van der Waals surface area contributed by atoms with Gasteiger partial charge >= 0.3 is 5.97 Å². The molecule has 21 heavy (non-hydrogen) atoms. The molecule has 0 radical (unpaired) electrons. The van der Waals surface area contributed by atoms with Crippen LogP contribution < -0.4 is 4.90 Å². The van der Waals surface area contributed by atoms with E-state index in [1.54, 1.807) is 14.0 Å². The van der Waals surface area contributed by atoms with Crippen LogP contribution in [0.15, 0.2) is 36.4 Å². The SMILES string of the molecule is Cc1cccc(N(C)C(=O)c2ccc(C(=O)O)c(C)n2)c1. The minimum atomic E-state index is -1.05. The number of rotatable bonds is 3. The highest BCUT2D eigenvalue weighted by Crippen LogP contribution is 2.17. The number of benzene rings is 1. The van der Waals surface area contributed by atoms with Gasteiger partial charge in [0.1, 0.15) is 5.69 Å². The molecule has 0 spiro atoms. The lowest BCUT2D eigenvalue weighted by atomic mass is 10.1. The molecule has 1 amide bonds. The van der Waals surface area contributed by atoms with Gasteiger partial charge in [-0.25, -0.2) is 9.78 Å². The van der Waals surface area contributed by atoms with Crippen LogP contribution in [0.3, 0.4) is 0 Å². The maximum absolute atomic E-state index is 12.4. The van der Waals surface area contributed by atoms with Crippen LogP contribution in [0, 0.1) is 13.8 Å². The number of amides is 1. The quantitative estimate of drug-likeness (QED) is 0.940. The molecule has 0 aliphatic rings. The van der Waals surface area contributed by atoms with Gasteiger partial charge in [0, 0.05) is 12.7 Å². The minimum Gasteiger partial charge on any atom is -0.478 e. The third-order valence-corrected chi connectivity index (χ3v) is 3.23. The first-order valence-corrected chi connectivity index (χ1v) is 6.46. The van der Waals surface area contributed by atoms with Gasteiger partial charge in [0.25, 0.3) is 5.91 Å². The zero-order chi connectivity index (χ0) is 15.6. The topological polar surface area (TPSA) is 70.5 Å². The van der Waals surface area contributed by atoms with Gasteiger partial charge in [-0.3, -0.25) is 4.79 Å². The van der Waals surface area contributed by atoms with E-state index in [0.717, 1.165) is 11.3 Å². The number of aryl methyl sites for hydroxylation is 2. The first-order valence-electron chi connectivity index (χ1n) is 6.46. The summed E-state index contributed by atoms with van der Waals surface area (Å²) in [5, 5.41) is 8.98. The predicted molar refractivity (Wildman–Crippen MR) is 79.8 cm³/mol. The van der Waals surface area contributed by atoms with E-state index in [4.69, 9.17) is 5.11 Å². The molecular formula is C16H16N2O3. The molecule has 0 fully saturated rings. The number of anilines is 1. The fourth-order valence-corrected chi connectivity index (χ4v) is 2.03. The number of carboxylic acid groups (broad SMARTS) is 1. The molecule has 1 heterocycles. The molecule has 5 nitrogen and oxygen atoms in total. The Bertz CT molecular complexity index is 710. The molecule has 2 rings (SSSR count). The summed E-state index contributed by atoms with van der Waals surface area (Å²) in [7, 11) is 1.67. The summed E-state index contributed by atoms with van der Waals surface area (Å²) in [6.45, 7) is 3.53. The summed E-state index contributed by atoms with van der Waals surface area (Å²) in [6.07, 6.45) is 0. The molecule has 0 saturated heterocycles. The Labute approximate surface area is 122 Å². The van der Waals surface area contributed by atoms with Crippen LogP contribution in [0.5, 0.6) is 0 Å². The first kappa shape index (κ1) is 14.7. The Morgan fingerprint density at radius 2 is 1.86 bits per heavy atom. The van der Waals surface area contributed by atoms with Crippen molar-refractivity contribution in [1.29, 1.82) is 0 Å². The van der Waals surface area contributed by atoms with Crippen LogP contribution in [0.4, 0.5) is 5.69 Å². The number of nitrogens with zero attached hydrogens (tertiary/aromatic N) is 2. The Balaban J connectivity index is 2.32. The number of hydrogen-bond donors (Lipinski definition) is 1. The van der Waals surface area contributed by atoms with Crippen LogP contribution in [0.25, 0.3) is 0 Å². The van der Waals surface area contributed by atoms with Gasteiger partial charge in [-0.1, -0.05) is 12.1 Å². The van der Waals surface area contributed by atoms with Crippen LogP contribution >= 0.6 is 0 Å². The fraction of sp³-hybridized carbons (Fsp3) is 0.188. The van der Waals surface area contributed by atoms with Gasteiger partial charge in [-0.05, 0) is 43.7 Å². The van der Waals surface area contributed by atoms with Crippen molar-refractivity contribution in [1.82, 2.24) is 4.98 Å². The van der Waals surface area contributed by atoms with Gasteiger partial charge in [0.05, 0.1) is 11.3 Å². The van der Waals surface area contributed by atoms with E-state index in [1.807, 2.05) is 31.2 Å². The largest absolute Gasteiger partial charge is 0.478 e. The molecule has 0 saturated carbocycles. The lowest BCUT2D eigenvalue weighted by molar-refractivity contribution is 0.0695. The van der Waals surface area contributed by atoms with Crippen molar-refractivity contribution in [3.8, 4) is 0 Å². The third kappa shape index (κ3) is 3.08. The predicted octanol–water partition coefficient (Wildman–Crippen LogP) is 2.67. The highest BCUT2D eigenvalue weighted by Gasteiger charge is 2.17. The molecule has 2 aromatic rings. The number of carbonyl (C=O) groups is 2. The molecule has 1 aromatic heterocycles. The van der Waals surface area contributed by atoms with Crippen LogP contribution in [-0.4, -0.2) is 29.0 Å². The first-order chi connectivity index (χ1) is 9.90. The second-order valence-corrected chi connectivity index (χ2v) is 4.84. The van der Waals surface area contributed by atoms with E-state index in [9.17, 15) is 9.59 Å². The third-order valence-electron chi connectivity index (χ3n) is 3.23. The van der Waals surface area contributed by atoms with Crippen molar-refractivity contribution < 1.29 is 14.7 Å². The molecule has 0 atom stereocenters. The van der Waals surface area contributed by atoms with E-state index < -0.39 is 5.97 Å². The van der Waals surface area contributed by atoms with Crippen LogP contribution in [0.2, 0.25) is 0 Å². The molecule has 1 N–H and O–H groups in total. The molecule has 1 aromatic carbocycles. The molecule has 0 bridgehead atoms. The van der Waals surface area contributed by atoms with Crippen molar-refractivity contribution in [2.24, 2.45) is 0 Å². The Kier molecular flexibility index (Phi) is 4.03. The average molecular weight is 284 g/mol. The van der Waals surface area contributed by atoms with Crippen molar-refractivity contribution >= 4 is 17.6 Å². The lowest BCUT2D eigenvalue weighted by Gasteiger charge is -2.17. The summed E-state index contributed by atoms with van der Waals surface area (Å²) in [6, 6.07) is 10.4. The van der Waals surface area contributed by atoms with Gasteiger partial charge < -0.3 is 10.0 Å². The van der Waals surface area contributed by atoms with E-state index in [1.165, 1.54) is 17.0 Å². The lowest BCUT2D eigenvalue weighted by Crippen LogP contribution is -2.27. The van der Waals surface area contributed by atoms with Crippen molar-refractivity contribution in [3.05, 3.63) is 58.9 Å². The van der Waals surface area contributed by atoms with Gasteiger partial charge in [-0.2, -0.15) is 0 Å². The molecule has 5 heteroatoms. The number of aromatic nitrogens is 1. The zero-order valence-corrected chi connectivity index (χ0v) is 12.1. The number of pyridine rings is 1. The maximum atomic E-state index is 12.4. The standard InChI is InChI=1S/C16H16N2O3/c1-10-5-4-6-12(9-10)18(3)15(19)14-8-7-13(16(20)21)11(2)17-14/h4-9H,1-3H3,(H,20,21). The molecule has 0 unspecified atom stereocenters. The Hall–Kier alpha value is -2.69. The monoisotopic (exact) mass is 284 g/mol. The normalized spacial score (nSPS) is 10.2. The summed E-state index contributed by atoms with van der Waals surface area (Å²) >= 11 is 0. The Morgan fingerprint density at radius 3 is 2.43 bits per heavy atom. The summed E-state index contributed by atoms with van der Waals surface area (Å²) in [5.41, 5.74) is 2.47. The molecular weight excluding hydrogens is 268 g/mol. The minimum absolute atomic E-state index is 0.102. The number of hydrogen-bond acceptors (Lipinski definition) is 3. The molecule has 0 aliphatic carbocycles. The van der Waals surface area contributed by atoms with E-state index in [0.29, 0.717) is 5.69 Å². The van der Waals surface area contributed by atoms with E-state index >= 15 is 0 Å². The second-order valence-electron chi connectivity index (χ2n) is 4.84. The van der Waals surface area contributed by atoms with Crippen molar-refractivity contribution in [3.63, 3.8) is 0 Å². The van der Waals surface area contributed by atoms with Gasteiger partial charge in [0.15, 0.2) is 0 Å². The molecule has 108 valence electrons. The summed E-state index contributed by atoms with van der Waals surface area (Å²) in [5.74, 6) is -1.33. The smallest absolute Gasteiger partial charge is 0.337 e. The summed E-state index contributed by atoms with van der Waals surface area (Å²) in [4.78, 5) is 29.0. The second kappa shape index (κ2) is 5.75. The fourth-order valence-electron chi connectivity index (χ4n) is 2.03. The van der Waals surface area contributed by atoms with Crippen LogP contribution in [0.1, 0.15) is 32.1 Å². The molecule has 0 aliphatic heterocycles. The zero-order valence-electron chi connectivity index (χ0n) is 12.1. The Morgan fingerprint density at radius 1 is 1.14 bits per heavy atom. The van der Waals surface area contributed by atoms with E-state index in [2.05, 4.69) is 4.98 Å². The summed E-state index contributed by atoms with van der Waals surface area (Å²) < 4.78 is 0. The number of carboxylic acids is 1. The van der Waals surface area contributed by atoms with Gasteiger partial charge in [-0.15, -0.1) is 0 Å². The van der Waals surface area contributed by atoms with Crippen molar-refractivity contribution in [2.45, 2.75) is 13.8 Å². The van der Waals surface area contributed by atoms with E-state index in [-0.39, 0.29) is 17.2 Å². The number of carbonyl (C=O) groups excluding carboxylic acids is 1.